The fraction of sp³-hybridized carbons (Fsp3) is 0.462. The highest BCUT2D eigenvalue weighted by Gasteiger charge is 2.13. The minimum atomic E-state index is 0.189. The summed E-state index contributed by atoms with van der Waals surface area (Å²) >= 11 is 8.41. The van der Waals surface area contributed by atoms with Gasteiger partial charge in [-0.25, -0.2) is 9.67 Å². The molecular weight excluding hydrogens is 336 g/mol. The summed E-state index contributed by atoms with van der Waals surface area (Å²) in [4.78, 5) is 6.42. The minimum Gasteiger partial charge on any atom is -0.308 e. The van der Waals surface area contributed by atoms with Crippen LogP contribution in [0.3, 0.4) is 0 Å². The van der Waals surface area contributed by atoms with E-state index in [1.165, 1.54) is 0 Å². The lowest BCUT2D eigenvalue weighted by atomic mass is 10.5. The quantitative estimate of drug-likeness (QED) is 0.500. The highest BCUT2D eigenvalue weighted by atomic mass is 32.2. The molecule has 2 rings (SSSR count). The predicted molar refractivity (Wildman–Crippen MR) is 94.6 cm³/mol. The van der Waals surface area contributed by atoms with Crippen LogP contribution in [0, 0.1) is 0 Å². The van der Waals surface area contributed by atoms with Crippen LogP contribution in [-0.4, -0.2) is 67.1 Å². The van der Waals surface area contributed by atoms with Gasteiger partial charge in [-0.1, -0.05) is 41.8 Å². The molecule has 0 saturated heterocycles. The molecule has 2 aromatic rings. The molecule has 0 amide bonds. The smallest absolute Gasteiger partial charge is 0.209 e. The van der Waals surface area contributed by atoms with E-state index in [9.17, 15) is 0 Å². The van der Waals surface area contributed by atoms with Crippen LogP contribution >= 0.6 is 35.7 Å². The first-order valence-corrected chi connectivity index (χ1v) is 9.09. The Kier molecular flexibility index (Phi) is 7.23. The molecule has 1 atom stereocenters. The first-order valence-electron chi connectivity index (χ1n) is 6.75. The molecule has 0 aromatic carbocycles. The van der Waals surface area contributed by atoms with E-state index in [1.807, 2.05) is 37.0 Å². The van der Waals surface area contributed by atoms with Crippen molar-refractivity contribution in [2.24, 2.45) is 0 Å². The van der Waals surface area contributed by atoms with Crippen LogP contribution in [0.1, 0.15) is 0 Å². The molecule has 0 aliphatic rings. The van der Waals surface area contributed by atoms with Crippen LogP contribution < -0.4 is 0 Å². The topological polar surface area (TPSA) is 59.7 Å². The zero-order valence-electron chi connectivity index (χ0n) is 12.5. The van der Waals surface area contributed by atoms with Gasteiger partial charge in [0.1, 0.15) is 0 Å². The van der Waals surface area contributed by atoms with Gasteiger partial charge in [0.25, 0.3) is 0 Å². The maximum Gasteiger partial charge on any atom is 0.209 e. The summed E-state index contributed by atoms with van der Waals surface area (Å²) in [6.45, 7) is 1.68. The van der Waals surface area contributed by atoms with Crippen LogP contribution in [0.5, 0.6) is 0 Å². The Morgan fingerprint density at radius 2 is 2.27 bits per heavy atom. The summed E-state index contributed by atoms with van der Waals surface area (Å²) < 4.78 is 1.83. The van der Waals surface area contributed by atoms with Gasteiger partial charge in [-0.2, -0.15) is 0 Å². The highest BCUT2D eigenvalue weighted by Crippen LogP contribution is 2.25. The molecule has 0 bridgehead atoms. The van der Waals surface area contributed by atoms with Gasteiger partial charge >= 0.3 is 0 Å². The van der Waals surface area contributed by atoms with Crippen molar-refractivity contribution in [1.29, 1.82) is 0 Å². The van der Waals surface area contributed by atoms with Gasteiger partial charge in [-0.3, -0.25) is 0 Å². The molecule has 22 heavy (non-hydrogen) atoms. The Bertz CT molecular complexity index is 574. The van der Waals surface area contributed by atoms with Crippen LogP contribution in [0.4, 0.5) is 0 Å². The molecule has 1 unspecified atom stereocenters. The number of tetrazole rings is 1. The predicted octanol–water partition coefficient (Wildman–Crippen LogP) is 1.88. The summed E-state index contributed by atoms with van der Waals surface area (Å²) in [5.74, 6) is 0.813. The van der Waals surface area contributed by atoms with E-state index < -0.39 is 0 Å². The maximum atomic E-state index is 5.13. The second-order valence-corrected chi connectivity index (χ2v) is 7.28. The molecule has 0 aliphatic carbocycles. The van der Waals surface area contributed by atoms with E-state index in [4.69, 9.17) is 12.2 Å². The minimum absolute atomic E-state index is 0.189. The van der Waals surface area contributed by atoms with Crippen molar-refractivity contribution in [3.05, 3.63) is 24.4 Å². The number of aromatic nitrogens is 5. The first kappa shape index (κ1) is 17.3. The number of nitrogens with zero attached hydrogens (tertiary/aromatic N) is 6. The van der Waals surface area contributed by atoms with Crippen molar-refractivity contribution in [3.63, 3.8) is 0 Å². The standard InChI is InChI=1S/C13H18N6S3/c1-18(2)7-8-19-13(15-16-17-19)21-10-11(9-20)22-12-5-3-4-6-14-12/h3-6,9,11H,7-8,10H2,1-2H3. The third kappa shape index (κ3) is 5.64. The van der Waals surface area contributed by atoms with Crippen molar-refractivity contribution in [2.45, 2.75) is 22.0 Å². The molecule has 0 fully saturated rings. The molecule has 2 aromatic heterocycles. The Labute approximate surface area is 144 Å². The van der Waals surface area contributed by atoms with Crippen LogP contribution in [0.2, 0.25) is 0 Å². The molecular formula is C13H18N6S3. The second-order valence-electron chi connectivity index (χ2n) is 4.76. The molecule has 0 spiro atoms. The Hall–Kier alpha value is -1.03. The molecule has 9 heteroatoms. The third-order valence-electron chi connectivity index (χ3n) is 2.70. The number of rotatable bonds is 9. The van der Waals surface area contributed by atoms with E-state index >= 15 is 0 Å². The highest BCUT2D eigenvalue weighted by molar-refractivity contribution is 8.04. The van der Waals surface area contributed by atoms with E-state index in [1.54, 1.807) is 35.1 Å². The summed E-state index contributed by atoms with van der Waals surface area (Å²) in [6.07, 6.45) is 1.79. The van der Waals surface area contributed by atoms with Crippen LogP contribution in [0.25, 0.3) is 0 Å². The van der Waals surface area contributed by atoms with Gasteiger partial charge in [-0.05, 0) is 42.0 Å². The molecule has 6 nitrogen and oxygen atoms in total. The second kappa shape index (κ2) is 9.19. The Morgan fingerprint density at radius 3 is 2.95 bits per heavy atom. The van der Waals surface area contributed by atoms with Gasteiger partial charge in [0.2, 0.25) is 5.16 Å². The Balaban J connectivity index is 1.88. The first-order chi connectivity index (χ1) is 10.7. The third-order valence-corrected chi connectivity index (χ3v) is 5.57. The summed E-state index contributed by atoms with van der Waals surface area (Å²) in [6, 6.07) is 5.87. The number of pyridine rings is 1. The zero-order chi connectivity index (χ0) is 15.8. The van der Waals surface area contributed by atoms with Crippen LogP contribution in [0.15, 0.2) is 34.6 Å². The maximum absolute atomic E-state index is 5.13. The lowest BCUT2D eigenvalue weighted by Crippen LogP contribution is -2.19. The van der Waals surface area contributed by atoms with E-state index in [0.29, 0.717) is 0 Å². The fourth-order valence-electron chi connectivity index (χ4n) is 1.56. The largest absolute Gasteiger partial charge is 0.308 e. The summed E-state index contributed by atoms with van der Waals surface area (Å²) in [7, 11) is 4.06. The molecule has 0 aliphatic heterocycles. The Morgan fingerprint density at radius 1 is 1.41 bits per heavy atom. The van der Waals surface area contributed by atoms with Gasteiger partial charge in [0, 0.05) is 23.7 Å². The van der Waals surface area contributed by atoms with Crippen molar-refractivity contribution in [2.75, 3.05) is 26.4 Å². The van der Waals surface area contributed by atoms with Gasteiger partial charge < -0.3 is 4.90 Å². The number of thioether (sulfide) groups is 2. The zero-order valence-corrected chi connectivity index (χ0v) is 14.9. The van der Waals surface area contributed by atoms with Crippen molar-refractivity contribution < 1.29 is 0 Å². The molecule has 2 heterocycles. The number of hydrogen-bond donors (Lipinski definition) is 0. The summed E-state index contributed by atoms with van der Waals surface area (Å²) in [5.41, 5.74) is 0. The van der Waals surface area contributed by atoms with Gasteiger partial charge in [-0.15, -0.1) is 5.10 Å². The molecule has 0 saturated carbocycles. The van der Waals surface area contributed by atoms with Gasteiger partial charge in [0.15, 0.2) is 0 Å². The average molecular weight is 355 g/mol. The van der Waals surface area contributed by atoms with Crippen molar-refractivity contribution in [3.8, 4) is 0 Å². The van der Waals surface area contributed by atoms with Crippen molar-refractivity contribution >= 4 is 41.1 Å². The van der Waals surface area contributed by atoms with E-state index in [-0.39, 0.29) is 5.25 Å². The normalized spacial score (nSPS) is 12.5. The lowest BCUT2D eigenvalue weighted by molar-refractivity contribution is 0.361. The van der Waals surface area contributed by atoms with E-state index in [0.717, 1.165) is 29.0 Å². The fourth-order valence-corrected chi connectivity index (χ4v) is 3.85. The van der Waals surface area contributed by atoms with Crippen LogP contribution in [-0.2, 0) is 6.54 Å². The molecule has 118 valence electrons. The van der Waals surface area contributed by atoms with Crippen molar-refractivity contribution in [1.82, 2.24) is 30.1 Å². The monoisotopic (exact) mass is 354 g/mol. The average Bonchev–Trinajstić information content (AvgIpc) is 2.98. The van der Waals surface area contributed by atoms with E-state index in [2.05, 4.69) is 25.4 Å². The molecule has 0 radical (unpaired) electrons. The number of hydrogen-bond acceptors (Lipinski definition) is 8. The lowest BCUT2D eigenvalue weighted by Gasteiger charge is -2.11. The van der Waals surface area contributed by atoms with Gasteiger partial charge in [0.05, 0.1) is 11.6 Å². The summed E-state index contributed by atoms with van der Waals surface area (Å²) in [5, 5.41) is 15.6. The molecule has 0 N–H and O–H groups in total. The SMILES string of the molecule is CN(C)CCn1nnnc1SCC(C=S)Sc1ccccn1. The number of thiocarbonyl (C=S) groups is 1. The number of likely N-dealkylation sites (N-methyl/N-ethyl adjacent to an activating group) is 1.